The minimum absolute atomic E-state index is 0.454. The van der Waals surface area contributed by atoms with Crippen LogP contribution in [0, 0.1) is 13.8 Å². The zero-order chi connectivity index (χ0) is 10.3. The summed E-state index contributed by atoms with van der Waals surface area (Å²) in [7, 11) is 0. The molecule has 0 radical (unpaired) electrons. The molecule has 0 fully saturated rings. The largest absolute Gasteiger partial charge is 0.480 e. The van der Waals surface area contributed by atoms with Crippen molar-refractivity contribution in [3.63, 3.8) is 0 Å². The first-order valence-electron chi connectivity index (χ1n) is 4.68. The molecule has 0 aromatic heterocycles. The first kappa shape index (κ1) is 9.06. The third-order valence-corrected chi connectivity index (χ3v) is 2.78. The number of carboxylic acid groups (broad SMARTS) is 1. The van der Waals surface area contributed by atoms with Crippen molar-refractivity contribution in [2.24, 2.45) is 0 Å². The van der Waals surface area contributed by atoms with Gasteiger partial charge < -0.3 is 10.4 Å². The van der Waals surface area contributed by atoms with Crippen molar-refractivity contribution in [1.82, 2.24) is 0 Å². The number of hydrogen-bond acceptors (Lipinski definition) is 2. The highest BCUT2D eigenvalue weighted by atomic mass is 16.4. The van der Waals surface area contributed by atoms with E-state index in [0.29, 0.717) is 6.42 Å². The third kappa shape index (κ3) is 1.25. The Morgan fingerprint density at radius 1 is 1.43 bits per heavy atom. The molecule has 1 aromatic carbocycles. The maximum absolute atomic E-state index is 10.8. The van der Waals surface area contributed by atoms with Crippen molar-refractivity contribution in [1.29, 1.82) is 0 Å². The van der Waals surface area contributed by atoms with Gasteiger partial charge in [0.1, 0.15) is 6.04 Å². The fraction of sp³-hybridized carbons (Fsp3) is 0.364. The van der Waals surface area contributed by atoms with Crippen molar-refractivity contribution in [3.05, 3.63) is 28.8 Å². The quantitative estimate of drug-likeness (QED) is 0.710. The standard InChI is InChI=1S/C11H13NO2/c1-6-3-4-7(2)10-8(6)5-9(12-10)11(13)14/h3-4,9,12H,5H2,1-2H3,(H,13,14). The van der Waals surface area contributed by atoms with Crippen LogP contribution in [0.15, 0.2) is 12.1 Å². The Kier molecular flexibility index (Phi) is 1.95. The predicted molar refractivity (Wildman–Crippen MR) is 54.7 cm³/mol. The number of anilines is 1. The van der Waals surface area contributed by atoms with Gasteiger partial charge in [-0.3, -0.25) is 0 Å². The summed E-state index contributed by atoms with van der Waals surface area (Å²) in [5.74, 6) is -0.778. The number of nitrogens with one attached hydrogen (secondary N) is 1. The molecule has 14 heavy (non-hydrogen) atoms. The van der Waals surface area contributed by atoms with Gasteiger partial charge in [-0.1, -0.05) is 12.1 Å². The number of fused-ring (bicyclic) bond motifs is 1. The topological polar surface area (TPSA) is 49.3 Å². The summed E-state index contributed by atoms with van der Waals surface area (Å²) in [5, 5.41) is 11.9. The molecule has 3 nitrogen and oxygen atoms in total. The molecule has 1 atom stereocenters. The Morgan fingerprint density at radius 2 is 2.07 bits per heavy atom. The van der Waals surface area contributed by atoms with E-state index in [-0.39, 0.29) is 0 Å². The van der Waals surface area contributed by atoms with Gasteiger partial charge >= 0.3 is 5.97 Å². The highest BCUT2D eigenvalue weighted by Gasteiger charge is 2.28. The second-order valence-electron chi connectivity index (χ2n) is 3.79. The maximum atomic E-state index is 10.8. The van der Waals surface area contributed by atoms with Gasteiger partial charge in [-0.15, -0.1) is 0 Å². The normalized spacial score (nSPS) is 18.9. The molecule has 1 aliphatic rings. The van der Waals surface area contributed by atoms with Crippen LogP contribution >= 0.6 is 0 Å². The minimum atomic E-state index is -0.778. The number of rotatable bonds is 1. The molecule has 0 bridgehead atoms. The Labute approximate surface area is 82.8 Å². The summed E-state index contributed by atoms with van der Waals surface area (Å²) in [6.07, 6.45) is 0.595. The molecule has 1 aromatic rings. The van der Waals surface area contributed by atoms with Crippen molar-refractivity contribution >= 4 is 11.7 Å². The highest BCUT2D eigenvalue weighted by Crippen LogP contribution is 2.31. The van der Waals surface area contributed by atoms with Gasteiger partial charge in [0.05, 0.1) is 0 Å². The van der Waals surface area contributed by atoms with E-state index in [1.165, 1.54) is 5.56 Å². The van der Waals surface area contributed by atoms with Crippen molar-refractivity contribution in [3.8, 4) is 0 Å². The molecule has 0 saturated heterocycles. The van der Waals surface area contributed by atoms with Gasteiger partial charge in [-0.2, -0.15) is 0 Å². The lowest BCUT2D eigenvalue weighted by molar-refractivity contribution is -0.137. The average Bonchev–Trinajstić information content (AvgIpc) is 2.57. The van der Waals surface area contributed by atoms with Gasteiger partial charge in [0, 0.05) is 12.1 Å². The number of aryl methyl sites for hydroxylation is 2. The maximum Gasteiger partial charge on any atom is 0.326 e. The molecule has 2 N–H and O–H groups in total. The van der Waals surface area contributed by atoms with Crippen molar-refractivity contribution in [2.75, 3.05) is 5.32 Å². The summed E-state index contributed by atoms with van der Waals surface area (Å²) in [4.78, 5) is 10.8. The Hall–Kier alpha value is -1.51. The lowest BCUT2D eigenvalue weighted by atomic mass is 10.0. The molecule has 2 rings (SSSR count). The molecule has 0 amide bonds. The van der Waals surface area contributed by atoms with Crippen LogP contribution in [0.4, 0.5) is 5.69 Å². The molecular formula is C11H13NO2. The first-order chi connectivity index (χ1) is 6.59. The van der Waals surface area contributed by atoms with E-state index in [9.17, 15) is 4.79 Å². The van der Waals surface area contributed by atoms with E-state index in [1.54, 1.807) is 0 Å². The molecule has 1 heterocycles. The molecule has 0 saturated carbocycles. The smallest absolute Gasteiger partial charge is 0.326 e. The number of hydrogen-bond donors (Lipinski definition) is 2. The van der Waals surface area contributed by atoms with Crippen molar-refractivity contribution < 1.29 is 9.90 Å². The SMILES string of the molecule is Cc1ccc(C)c2c1CC(C(=O)O)N2. The number of benzene rings is 1. The Balaban J connectivity index is 2.43. The molecule has 0 aliphatic carbocycles. The summed E-state index contributed by atoms with van der Waals surface area (Å²) < 4.78 is 0. The molecular weight excluding hydrogens is 178 g/mol. The van der Waals surface area contributed by atoms with Crippen LogP contribution in [0.25, 0.3) is 0 Å². The lowest BCUT2D eigenvalue weighted by Gasteiger charge is -2.07. The van der Waals surface area contributed by atoms with Gasteiger partial charge in [0.15, 0.2) is 0 Å². The summed E-state index contributed by atoms with van der Waals surface area (Å²) in [6.45, 7) is 4.01. The van der Waals surface area contributed by atoms with Crippen LogP contribution < -0.4 is 5.32 Å². The van der Waals surface area contributed by atoms with E-state index in [0.717, 1.165) is 16.8 Å². The summed E-state index contributed by atoms with van der Waals surface area (Å²) in [5.41, 5.74) is 4.45. The van der Waals surface area contributed by atoms with Gasteiger partial charge in [-0.25, -0.2) is 4.79 Å². The van der Waals surface area contributed by atoms with E-state index in [2.05, 4.69) is 5.32 Å². The van der Waals surface area contributed by atoms with Gasteiger partial charge in [-0.05, 0) is 30.5 Å². The summed E-state index contributed by atoms with van der Waals surface area (Å²) in [6, 6.07) is 3.61. The van der Waals surface area contributed by atoms with Gasteiger partial charge in [0.25, 0.3) is 0 Å². The predicted octanol–water partition coefficient (Wildman–Crippen LogP) is 1.72. The van der Waals surface area contributed by atoms with E-state index < -0.39 is 12.0 Å². The highest BCUT2D eigenvalue weighted by molar-refractivity contribution is 5.82. The Bertz CT molecular complexity index is 368. The number of carboxylic acids is 1. The third-order valence-electron chi connectivity index (χ3n) is 2.78. The minimum Gasteiger partial charge on any atom is -0.480 e. The molecule has 3 heteroatoms. The fourth-order valence-corrected chi connectivity index (χ4v) is 1.91. The van der Waals surface area contributed by atoms with Crippen LogP contribution in [-0.2, 0) is 11.2 Å². The average molecular weight is 191 g/mol. The van der Waals surface area contributed by atoms with Gasteiger partial charge in [0.2, 0.25) is 0 Å². The Morgan fingerprint density at radius 3 is 2.64 bits per heavy atom. The zero-order valence-corrected chi connectivity index (χ0v) is 8.29. The van der Waals surface area contributed by atoms with E-state index in [1.807, 2.05) is 26.0 Å². The second kappa shape index (κ2) is 3.01. The first-order valence-corrected chi connectivity index (χ1v) is 4.68. The lowest BCUT2D eigenvalue weighted by Crippen LogP contribution is -2.26. The van der Waals surface area contributed by atoms with Crippen molar-refractivity contribution in [2.45, 2.75) is 26.3 Å². The summed E-state index contributed by atoms with van der Waals surface area (Å²) >= 11 is 0. The van der Waals surface area contributed by atoms with E-state index >= 15 is 0 Å². The van der Waals surface area contributed by atoms with Crippen LogP contribution in [-0.4, -0.2) is 17.1 Å². The zero-order valence-electron chi connectivity index (χ0n) is 8.29. The molecule has 74 valence electrons. The second-order valence-corrected chi connectivity index (χ2v) is 3.79. The molecule has 1 unspecified atom stereocenters. The molecule has 0 spiro atoms. The fourth-order valence-electron chi connectivity index (χ4n) is 1.91. The van der Waals surface area contributed by atoms with Crippen LogP contribution in [0.3, 0.4) is 0 Å². The number of carbonyl (C=O) groups is 1. The van der Waals surface area contributed by atoms with Crippen LogP contribution in [0.2, 0.25) is 0 Å². The van der Waals surface area contributed by atoms with E-state index in [4.69, 9.17) is 5.11 Å². The molecule has 1 aliphatic heterocycles. The van der Waals surface area contributed by atoms with Crippen LogP contribution in [0.1, 0.15) is 16.7 Å². The van der Waals surface area contributed by atoms with Crippen LogP contribution in [0.5, 0.6) is 0 Å². The monoisotopic (exact) mass is 191 g/mol. The number of aliphatic carboxylic acids is 1.